The molecule has 3 nitrogen and oxygen atoms in total. The van der Waals surface area contributed by atoms with E-state index in [0.717, 1.165) is 16.6 Å². The molecule has 88 valence electrons. The van der Waals surface area contributed by atoms with E-state index in [0.29, 0.717) is 10.4 Å². The minimum atomic E-state index is -0.177. The molecular weight excluding hydrogens is 248 g/mol. The molecule has 0 bridgehead atoms. The van der Waals surface area contributed by atoms with E-state index in [1.54, 1.807) is 18.2 Å². The van der Waals surface area contributed by atoms with Crippen LogP contribution in [0.2, 0.25) is 5.02 Å². The Balaban J connectivity index is 2.33. The first kappa shape index (κ1) is 11.0. The van der Waals surface area contributed by atoms with Crippen molar-refractivity contribution in [3.05, 3.63) is 63.9 Å². The van der Waals surface area contributed by atoms with Crippen molar-refractivity contribution >= 4 is 22.4 Å². The lowest BCUT2D eigenvalue weighted by Crippen LogP contribution is -2.09. The van der Waals surface area contributed by atoms with E-state index >= 15 is 0 Å². The Bertz CT molecular complexity index is 763. The van der Waals surface area contributed by atoms with Crippen LogP contribution in [0.25, 0.3) is 22.0 Å². The van der Waals surface area contributed by atoms with Crippen LogP contribution in [0.3, 0.4) is 0 Å². The zero-order valence-corrected chi connectivity index (χ0v) is 10.1. The van der Waals surface area contributed by atoms with Crippen LogP contribution in [-0.2, 0) is 0 Å². The summed E-state index contributed by atoms with van der Waals surface area (Å²) in [6.07, 6.45) is 0. The summed E-state index contributed by atoms with van der Waals surface area (Å²) in [4.78, 5) is 11.7. The topological polar surface area (TPSA) is 45.8 Å². The number of nitrogens with zero attached hydrogens (tertiary/aromatic N) is 1. The van der Waals surface area contributed by atoms with Gasteiger partial charge in [-0.1, -0.05) is 41.9 Å². The van der Waals surface area contributed by atoms with Crippen molar-refractivity contribution < 1.29 is 0 Å². The third-order valence-corrected chi connectivity index (χ3v) is 3.07. The molecule has 18 heavy (non-hydrogen) atoms. The number of H-pyrrole nitrogens is 1. The Morgan fingerprint density at radius 2 is 1.61 bits per heavy atom. The molecule has 0 saturated heterocycles. The number of aromatic nitrogens is 2. The molecule has 1 heterocycles. The minimum absolute atomic E-state index is 0.177. The van der Waals surface area contributed by atoms with Crippen LogP contribution in [0.1, 0.15) is 0 Å². The molecule has 0 radical (unpaired) electrons. The maximum Gasteiger partial charge on any atom is 0.272 e. The van der Waals surface area contributed by atoms with Gasteiger partial charge in [-0.15, -0.1) is 0 Å². The summed E-state index contributed by atoms with van der Waals surface area (Å²) in [6.45, 7) is 0. The van der Waals surface area contributed by atoms with Crippen LogP contribution in [0.15, 0.2) is 53.3 Å². The number of benzene rings is 2. The molecule has 0 amide bonds. The van der Waals surface area contributed by atoms with Gasteiger partial charge in [0.1, 0.15) is 0 Å². The zero-order chi connectivity index (χ0) is 12.5. The Morgan fingerprint density at radius 3 is 2.33 bits per heavy atom. The maximum absolute atomic E-state index is 11.7. The molecule has 0 unspecified atom stereocenters. The lowest BCUT2D eigenvalue weighted by atomic mass is 10.1. The van der Waals surface area contributed by atoms with Crippen LogP contribution in [0.4, 0.5) is 0 Å². The fourth-order valence-electron chi connectivity index (χ4n) is 1.94. The summed E-state index contributed by atoms with van der Waals surface area (Å²) in [7, 11) is 0. The normalized spacial score (nSPS) is 10.7. The van der Waals surface area contributed by atoms with Crippen molar-refractivity contribution in [3.8, 4) is 11.3 Å². The summed E-state index contributed by atoms with van der Waals surface area (Å²) in [5.41, 5.74) is 1.50. The average molecular weight is 257 g/mol. The second-order valence-corrected chi connectivity index (χ2v) is 4.39. The number of nitrogens with one attached hydrogen (secondary N) is 1. The molecular formula is C14H9ClN2O. The number of halogens is 1. The fourth-order valence-corrected chi connectivity index (χ4v) is 2.07. The molecule has 0 aliphatic rings. The molecule has 0 saturated carbocycles. The zero-order valence-electron chi connectivity index (χ0n) is 9.35. The van der Waals surface area contributed by atoms with Crippen molar-refractivity contribution in [1.82, 2.24) is 10.2 Å². The Morgan fingerprint density at radius 1 is 0.944 bits per heavy atom. The van der Waals surface area contributed by atoms with Gasteiger partial charge in [0.15, 0.2) is 0 Å². The summed E-state index contributed by atoms with van der Waals surface area (Å²) in [5.74, 6) is 0. The maximum atomic E-state index is 11.7. The molecule has 2 aromatic carbocycles. The molecule has 4 heteroatoms. The second kappa shape index (κ2) is 4.27. The van der Waals surface area contributed by atoms with Gasteiger partial charge in [0.2, 0.25) is 0 Å². The highest BCUT2D eigenvalue weighted by Gasteiger charge is 2.07. The van der Waals surface area contributed by atoms with Crippen LogP contribution in [0, 0.1) is 0 Å². The van der Waals surface area contributed by atoms with Crippen LogP contribution in [-0.4, -0.2) is 10.2 Å². The highest BCUT2D eigenvalue weighted by atomic mass is 35.5. The molecule has 3 aromatic rings. The first-order valence-electron chi connectivity index (χ1n) is 5.49. The Labute approximate surface area is 108 Å². The molecule has 0 fully saturated rings. The lowest BCUT2D eigenvalue weighted by molar-refractivity contribution is 1.02. The first-order chi connectivity index (χ1) is 8.75. The van der Waals surface area contributed by atoms with Gasteiger partial charge in [-0.3, -0.25) is 4.79 Å². The van der Waals surface area contributed by atoms with Gasteiger partial charge in [0.05, 0.1) is 11.1 Å². The molecule has 3 rings (SSSR count). The van der Waals surface area contributed by atoms with Gasteiger partial charge >= 0.3 is 0 Å². The van der Waals surface area contributed by atoms with Crippen molar-refractivity contribution in [1.29, 1.82) is 0 Å². The van der Waals surface area contributed by atoms with Crippen molar-refractivity contribution in [2.24, 2.45) is 0 Å². The molecule has 0 atom stereocenters. The molecule has 0 spiro atoms. The van der Waals surface area contributed by atoms with Crippen LogP contribution >= 0.6 is 11.6 Å². The van der Waals surface area contributed by atoms with Gasteiger partial charge in [-0.2, -0.15) is 5.10 Å². The van der Waals surface area contributed by atoms with E-state index in [-0.39, 0.29) is 5.56 Å². The standard InChI is InChI=1S/C14H9ClN2O/c15-10-7-5-9(6-8-10)13-11-3-1-2-4-12(11)14(18)17-16-13/h1-8H,(H,17,18). The number of aromatic amines is 1. The SMILES string of the molecule is O=c1[nH]nc(-c2ccc(Cl)cc2)c2ccccc12. The minimum Gasteiger partial charge on any atom is -0.267 e. The average Bonchev–Trinajstić information content (AvgIpc) is 2.41. The van der Waals surface area contributed by atoms with Gasteiger partial charge in [0, 0.05) is 16.0 Å². The highest BCUT2D eigenvalue weighted by Crippen LogP contribution is 2.24. The van der Waals surface area contributed by atoms with E-state index in [1.165, 1.54) is 0 Å². The van der Waals surface area contributed by atoms with Crippen molar-refractivity contribution in [2.45, 2.75) is 0 Å². The third-order valence-electron chi connectivity index (χ3n) is 2.81. The number of rotatable bonds is 1. The molecule has 1 aromatic heterocycles. The van der Waals surface area contributed by atoms with E-state index in [9.17, 15) is 4.79 Å². The Hall–Kier alpha value is -2.13. The summed E-state index contributed by atoms with van der Waals surface area (Å²) in [5, 5.41) is 8.79. The highest BCUT2D eigenvalue weighted by molar-refractivity contribution is 6.30. The van der Waals surface area contributed by atoms with E-state index in [2.05, 4.69) is 10.2 Å². The number of hydrogen-bond donors (Lipinski definition) is 1. The van der Waals surface area contributed by atoms with Gasteiger partial charge in [-0.25, -0.2) is 5.10 Å². The fraction of sp³-hybridized carbons (Fsp3) is 0. The predicted molar refractivity (Wildman–Crippen MR) is 72.8 cm³/mol. The number of hydrogen-bond acceptors (Lipinski definition) is 2. The van der Waals surface area contributed by atoms with E-state index in [1.807, 2.05) is 30.3 Å². The second-order valence-electron chi connectivity index (χ2n) is 3.95. The smallest absolute Gasteiger partial charge is 0.267 e. The van der Waals surface area contributed by atoms with E-state index < -0.39 is 0 Å². The van der Waals surface area contributed by atoms with Gasteiger partial charge in [-0.05, 0) is 18.2 Å². The summed E-state index contributed by atoms with van der Waals surface area (Å²) < 4.78 is 0. The van der Waals surface area contributed by atoms with E-state index in [4.69, 9.17) is 11.6 Å². The lowest BCUT2D eigenvalue weighted by Gasteiger charge is -2.04. The summed E-state index contributed by atoms with van der Waals surface area (Å²) in [6, 6.07) is 14.8. The quantitative estimate of drug-likeness (QED) is 0.726. The number of fused-ring (bicyclic) bond motifs is 1. The largest absolute Gasteiger partial charge is 0.272 e. The summed E-state index contributed by atoms with van der Waals surface area (Å²) >= 11 is 5.86. The molecule has 1 N–H and O–H groups in total. The van der Waals surface area contributed by atoms with Crippen LogP contribution < -0.4 is 5.56 Å². The monoisotopic (exact) mass is 256 g/mol. The van der Waals surface area contributed by atoms with Gasteiger partial charge < -0.3 is 0 Å². The molecule has 0 aliphatic carbocycles. The van der Waals surface area contributed by atoms with Crippen molar-refractivity contribution in [3.63, 3.8) is 0 Å². The predicted octanol–water partition coefficient (Wildman–Crippen LogP) is 3.24. The van der Waals surface area contributed by atoms with Gasteiger partial charge in [0.25, 0.3) is 5.56 Å². The van der Waals surface area contributed by atoms with Crippen molar-refractivity contribution in [2.75, 3.05) is 0 Å². The van der Waals surface area contributed by atoms with Crippen LogP contribution in [0.5, 0.6) is 0 Å². The Kier molecular flexibility index (Phi) is 2.61. The first-order valence-corrected chi connectivity index (χ1v) is 5.87. The third kappa shape index (κ3) is 1.79. The molecule has 0 aliphatic heterocycles.